The molecule has 1 N–H and O–H groups in total. The summed E-state index contributed by atoms with van der Waals surface area (Å²) in [6.07, 6.45) is 5.37. The summed E-state index contributed by atoms with van der Waals surface area (Å²) in [5, 5.41) is 3.17. The molecular weight excluding hydrogens is 460 g/mol. The lowest BCUT2D eigenvalue weighted by Gasteiger charge is -2.33. The molecule has 36 heavy (non-hydrogen) atoms. The number of aryl methyl sites for hydroxylation is 1. The zero-order valence-electron chi connectivity index (χ0n) is 21.1. The molecule has 2 amide bonds. The Morgan fingerprint density at radius 2 is 1.64 bits per heavy atom. The third-order valence-corrected chi connectivity index (χ3v) is 6.48. The number of methoxy groups -OCH3 is 3. The number of carbonyl (C=O) groups excluding carboxylic acids is 2. The van der Waals surface area contributed by atoms with E-state index in [1.165, 1.54) is 25.4 Å². The van der Waals surface area contributed by atoms with Gasteiger partial charge < -0.3 is 23.9 Å². The van der Waals surface area contributed by atoms with E-state index in [-0.39, 0.29) is 17.7 Å². The molecule has 0 bridgehead atoms. The fourth-order valence-corrected chi connectivity index (χ4v) is 4.66. The Morgan fingerprint density at radius 1 is 0.944 bits per heavy atom. The number of benzene rings is 2. The summed E-state index contributed by atoms with van der Waals surface area (Å²) >= 11 is 0. The number of hydrogen-bond donors (Lipinski definition) is 1. The maximum absolute atomic E-state index is 14.0. The van der Waals surface area contributed by atoms with Gasteiger partial charge in [0.15, 0.2) is 17.3 Å². The first-order valence-electron chi connectivity index (χ1n) is 12.0. The van der Waals surface area contributed by atoms with E-state index in [2.05, 4.69) is 5.32 Å². The monoisotopic (exact) mass is 492 g/mol. The van der Waals surface area contributed by atoms with E-state index in [1.807, 2.05) is 19.1 Å². The maximum Gasteiger partial charge on any atom is 0.295 e. The van der Waals surface area contributed by atoms with Gasteiger partial charge in [0, 0.05) is 6.04 Å². The Bertz CT molecular complexity index is 1200. The van der Waals surface area contributed by atoms with E-state index >= 15 is 0 Å². The summed E-state index contributed by atoms with van der Waals surface area (Å²) in [6, 6.07) is 13.0. The second kappa shape index (κ2) is 11.2. The van der Waals surface area contributed by atoms with E-state index in [0.29, 0.717) is 28.5 Å². The van der Waals surface area contributed by atoms with Crippen molar-refractivity contribution < 1.29 is 28.2 Å². The van der Waals surface area contributed by atoms with Gasteiger partial charge in [-0.15, -0.1) is 0 Å². The van der Waals surface area contributed by atoms with Crippen molar-refractivity contribution in [2.45, 2.75) is 44.7 Å². The second-order valence-corrected chi connectivity index (χ2v) is 8.83. The Balaban J connectivity index is 1.91. The van der Waals surface area contributed by atoms with E-state index in [1.54, 1.807) is 43.5 Å². The lowest BCUT2D eigenvalue weighted by atomic mass is 10.0. The van der Waals surface area contributed by atoms with Crippen molar-refractivity contribution in [2.24, 2.45) is 0 Å². The fraction of sp³-hybridized carbons (Fsp3) is 0.357. The van der Waals surface area contributed by atoms with Crippen molar-refractivity contribution in [3.05, 3.63) is 71.7 Å². The highest BCUT2D eigenvalue weighted by Crippen LogP contribution is 2.39. The van der Waals surface area contributed by atoms with Crippen molar-refractivity contribution in [2.75, 3.05) is 26.2 Å². The van der Waals surface area contributed by atoms with Gasteiger partial charge in [0.25, 0.3) is 5.91 Å². The first-order valence-corrected chi connectivity index (χ1v) is 12.0. The smallest absolute Gasteiger partial charge is 0.295 e. The molecule has 0 saturated heterocycles. The molecule has 1 aliphatic carbocycles. The minimum atomic E-state index is -1.03. The molecule has 8 nitrogen and oxygen atoms in total. The highest BCUT2D eigenvalue weighted by Gasteiger charge is 2.37. The van der Waals surface area contributed by atoms with Gasteiger partial charge in [0.1, 0.15) is 11.8 Å². The van der Waals surface area contributed by atoms with Crippen LogP contribution in [0.2, 0.25) is 0 Å². The van der Waals surface area contributed by atoms with Gasteiger partial charge in [-0.1, -0.05) is 25.0 Å². The Hall–Kier alpha value is -3.94. The van der Waals surface area contributed by atoms with Crippen LogP contribution in [0.4, 0.5) is 5.69 Å². The molecule has 4 rings (SSSR count). The molecule has 1 aliphatic rings. The third-order valence-electron chi connectivity index (χ3n) is 6.48. The van der Waals surface area contributed by atoms with Gasteiger partial charge in [-0.2, -0.15) is 0 Å². The zero-order valence-corrected chi connectivity index (χ0v) is 21.1. The van der Waals surface area contributed by atoms with Gasteiger partial charge in [0.05, 0.1) is 33.3 Å². The first kappa shape index (κ1) is 25.2. The van der Waals surface area contributed by atoms with Gasteiger partial charge in [-0.3, -0.25) is 14.5 Å². The standard InChI is InChI=1S/C28H32N2O6/c1-18-11-13-22(33-2)21(16-18)30(28(32)24-10-7-15-36-24)26(27(31)29-20-8-5-6-9-20)19-12-14-23(34-3)25(17-19)35-4/h7,10-17,20,26H,5-6,8-9H2,1-4H3,(H,29,31). The summed E-state index contributed by atoms with van der Waals surface area (Å²) in [4.78, 5) is 29.4. The number of anilines is 1. The fourth-order valence-electron chi connectivity index (χ4n) is 4.66. The van der Waals surface area contributed by atoms with Crippen LogP contribution in [0.3, 0.4) is 0 Å². The topological polar surface area (TPSA) is 90.2 Å². The minimum absolute atomic E-state index is 0.0557. The SMILES string of the molecule is COc1ccc(C(C(=O)NC2CCCC2)N(C(=O)c2ccco2)c2cc(C)ccc2OC)cc1OC. The van der Waals surface area contributed by atoms with E-state index in [0.717, 1.165) is 31.2 Å². The lowest BCUT2D eigenvalue weighted by Crippen LogP contribution is -2.46. The van der Waals surface area contributed by atoms with Crippen LogP contribution in [0.15, 0.2) is 59.2 Å². The number of nitrogens with one attached hydrogen (secondary N) is 1. The number of rotatable bonds is 9. The molecule has 2 aromatic carbocycles. The summed E-state index contributed by atoms with van der Waals surface area (Å²) in [5.41, 5.74) is 1.93. The molecule has 0 radical (unpaired) electrons. The molecule has 190 valence electrons. The summed E-state index contributed by atoms with van der Waals surface area (Å²) in [6.45, 7) is 1.92. The van der Waals surface area contributed by atoms with E-state index in [4.69, 9.17) is 18.6 Å². The molecule has 8 heteroatoms. The molecule has 1 unspecified atom stereocenters. The van der Waals surface area contributed by atoms with E-state index < -0.39 is 11.9 Å². The largest absolute Gasteiger partial charge is 0.495 e. The molecule has 0 aliphatic heterocycles. The Kier molecular flexibility index (Phi) is 7.83. The van der Waals surface area contributed by atoms with Gasteiger partial charge in [-0.25, -0.2) is 0 Å². The molecule has 1 aromatic heterocycles. The van der Waals surface area contributed by atoms with Crippen LogP contribution in [0.25, 0.3) is 0 Å². The Labute approximate surface area is 211 Å². The molecule has 3 aromatic rings. The quantitative estimate of drug-likeness (QED) is 0.449. The Morgan fingerprint density at radius 3 is 2.28 bits per heavy atom. The van der Waals surface area contributed by atoms with Crippen LogP contribution >= 0.6 is 0 Å². The van der Waals surface area contributed by atoms with Crippen molar-refractivity contribution in [3.63, 3.8) is 0 Å². The summed E-state index contributed by atoms with van der Waals surface area (Å²) in [7, 11) is 4.62. The highest BCUT2D eigenvalue weighted by atomic mass is 16.5. The van der Waals surface area contributed by atoms with Gasteiger partial charge in [0.2, 0.25) is 5.91 Å². The van der Waals surface area contributed by atoms with Crippen molar-refractivity contribution in [1.29, 1.82) is 0 Å². The number of furan rings is 1. The molecule has 1 saturated carbocycles. The number of carbonyl (C=O) groups is 2. The molecule has 1 atom stereocenters. The molecule has 1 heterocycles. The average molecular weight is 493 g/mol. The number of hydrogen-bond acceptors (Lipinski definition) is 6. The maximum atomic E-state index is 14.0. The van der Waals surface area contributed by atoms with Crippen LogP contribution in [0.1, 0.15) is 53.4 Å². The number of ether oxygens (including phenoxy) is 3. The third kappa shape index (κ3) is 5.17. The molecule has 0 spiro atoms. The van der Waals surface area contributed by atoms with Gasteiger partial charge >= 0.3 is 0 Å². The zero-order chi connectivity index (χ0) is 25.7. The predicted octanol–water partition coefficient (Wildman–Crippen LogP) is 5.06. The van der Waals surface area contributed by atoms with Crippen LogP contribution in [-0.2, 0) is 4.79 Å². The van der Waals surface area contributed by atoms with Crippen LogP contribution in [0.5, 0.6) is 17.2 Å². The van der Waals surface area contributed by atoms with Crippen molar-refractivity contribution in [1.82, 2.24) is 5.32 Å². The molecular formula is C28H32N2O6. The predicted molar refractivity (Wildman–Crippen MR) is 136 cm³/mol. The minimum Gasteiger partial charge on any atom is -0.495 e. The first-order chi connectivity index (χ1) is 17.5. The second-order valence-electron chi connectivity index (χ2n) is 8.83. The normalized spacial score (nSPS) is 14.2. The lowest BCUT2D eigenvalue weighted by molar-refractivity contribution is -0.123. The van der Waals surface area contributed by atoms with Gasteiger partial charge in [-0.05, 0) is 67.3 Å². The number of amides is 2. The van der Waals surface area contributed by atoms with Crippen LogP contribution in [-0.4, -0.2) is 39.2 Å². The van der Waals surface area contributed by atoms with Crippen LogP contribution < -0.4 is 24.4 Å². The summed E-state index contributed by atoms with van der Waals surface area (Å²) in [5.74, 6) is 0.781. The van der Waals surface area contributed by atoms with Crippen LogP contribution in [0, 0.1) is 6.92 Å². The van der Waals surface area contributed by atoms with Crippen molar-refractivity contribution >= 4 is 17.5 Å². The average Bonchev–Trinajstić information content (AvgIpc) is 3.61. The molecule has 1 fully saturated rings. The summed E-state index contributed by atoms with van der Waals surface area (Å²) < 4.78 is 22.0. The number of nitrogens with zero attached hydrogens (tertiary/aromatic N) is 1. The highest BCUT2D eigenvalue weighted by molar-refractivity contribution is 6.09. The van der Waals surface area contributed by atoms with E-state index in [9.17, 15) is 9.59 Å². The van der Waals surface area contributed by atoms with Crippen molar-refractivity contribution in [3.8, 4) is 17.2 Å².